The SMILES string of the molecule is Cc1cc(C)cc(Oc2cc(NC(=O)c3cc4nc(-c5cccs5)cc(C(F)(F)F)n4n3)cc([N+](=O)[O-])c2)c1. The summed E-state index contributed by atoms with van der Waals surface area (Å²) in [5.74, 6) is -0.358. The van der Waals surface area contributed by atoms with E-state index in [-0.39, 0.29) is 34.2 Å². The smallest absolute Gasteiger partial charge is 0.433 e. The Kier molecular flexibility index (Phi) is 6.52. The zero-order chi connectivity index (χ0) is 27.9. The number of rotatable bonds is 6. The van der Waals surface area contributed by atoms with Gasteiger partial charge >= 0.3 is 6.18 Å². The summed E-state index contributed by atoms with van der Waals surface area (Å²) in [7, 11) is 0. The predicted octanol–water partition coefficient (Wildman–Crippen LogP) is 7.05. The first-order valence-corrected chi connectivity index (χ1v) is 12.2. The maximum absolute atomic E-state index is 13.8. The van der Waals surface area contributed by atoms with Crippen molar-refractivity contribution in [1.82, 2.24) is 14.6 Å². The second-order valence-corrected chi connectivity index (χ2v) is 9.60. The number of anilines is 1. The highest BCUT2D eigenvalue weighted by Gasteiger charge is 2.36. The number of carbonyl (C=O) groups is 1. The number of nitro groups is 1. The molecule has 5 aromatic rings. The Morgan fingerprint density at radius 2 is 1.77 bits per heavy atom. The topological polar surface area (TPSA) is 112 Å². The summed E-state index contributed by atoms with van der Waals surface area (Å²) in [5.41, 5.74) is -0.0821. The highest BCUT2D eigenvalue weighted by molar-refractivity contribution is 7.13. The van der Waals surface area contributed by atoms with E-state index < -0.39 is 22.7 Å². The summed E-state index contributed by atoms with van der Waals surface area (Å²) in [6.45, 7) is 3.74. The lowest BCUT2D eigenvalue weighted by Crippen LogP contribution is -2.15. The zero-order valence-electron chi connectivity index (χ0n) is 20.3. The number of hydrogen-bond donors (Lipinski definition) is 1. The standard InChI is InChI=1S/C26H18F3N5O4S/c1-14-6-15(2)8-18(7-14)38-19-10-16(9-17(11-19)34(36)37)30-25(35)21-13-24-31-20(22-4-3-5-39-22)12-23(26(27,28)29)33(24)32-21/h3-13H,1-2H3,(H,30,35). The van der Waals surface area contributed by atoms with Crippen LogP contribution in [0.2, 0.25) is 0 Å². The lowest BCUT2D eigenvalue weighted by molar-refractivity contribution is -0.384. The Labute approximate surface area is 222 Å². The monoisotopic (exact) mass is 553 g/mol. The predicted molar refractivity (Wildman–Crippen MR) is 138 cm³/mol. The molecule has 9 nitrogen and oxygen atoms in total. The van der Waals surface area contributed by atoms with Crippen LogP contribution in [-0.4, -0.2) is 25.4 Å². The molecule has 0 radical (unpaired) electrons. The van der Waals surface area contributed by atoms with Gasteiger partial charge in [0.25, 0.3) is 11.6 Å². The summed E-state index contributed by atoms with van der Waals surface area (Å²) in [6.07, 6.45) is -4.77. The van der Waals surface area contributed by atoms with Crippen molar-refractivity contribution in [2.24, 2.45) is 0 Å². The van der Waals surface area contributed by atoms with Crippen LogP contribution < -0.4 is 10.1 Å². The maximum atomic E-state index is 13.8. The van der Waals surface area contributed by atoms with Gasteiger partial charge in [-0.25, -0.2) is 9.50 Å². The van der Waals surface area contributed by atoms with Crippen LogP contribution in [0.25, 0.3) is 16.2 Å². The Morgan fingerprint density at radius 3 is 2.41 bits per heavy atom. The third-order valence-corrected chi connectivity index (χ3v) is 6.41. The van der Waals surface area contributed by atoms with Crippen molar-refractivity contribution < 1.29 is 27.6 Å². The van der Waals surface area contributed by atoms with Crippen LogP contribution >= 0.6 is 11.3 Å². The molecule has 0 bridgehead atoms. The van der Waals surface area contributed by atoms with Gasteiger partial charge in [-0.2, -0.15) is 18.3 Å². The number of fused-ring (bicyclic) bond motifs is 1. The highest BCUT2D eigenvalue weighted by Crippen LogP contribution is 2.34. The van der Waals surface area contributed by atoms with Gasteiger partial charge in [0.05, 0.1) is 27.2 Å². The molecule has 0 fully saturated rings. The van der Waals surface area contributed by atoms with Crippen molar-refractivity contribution in [2.75, 3.05) is 5.32 Å². The number of nitrogens with one attached hydrogen (secondary N) is 1. The number of alkyl halides is 3. The first-order chi connectivity index (χ1) is 18.5. The summed E-state index contributed by atoms with van der Waals surface area (Å²) < 4.78 is 47.8. The lowest BCUT2D eigenvalue weighted by Gasteiger charge is -2.10. The summed E-state index contributed by atoms with van der Waals surface area (Å²) in [4.78, 5) is 28.6. The fourth-order valence-electron chi connectivity index (χ4n) is 3.98. The van der Waals surface area contributed by atoms with E-state index in [1.807, 2.05) is 19.9 Å². The van der Waals surface area contributed by atoms with Crippen molar-refractivity contribution in [3.8, 4) is 22.1 Å². The highest BCUT2D eigenvalue weighted by atomic mass is 32.1. The molecule has 3 aromatic heterocycles. The molecule has 0 aliphatic carbocycles. The third kappa shape index (κ3) is 5.57. The number of nitro benzene ring substituents is 1. The van der Waals surface area contributed by atoms with Crippen LogP contribution in [0.15, 0.2) is 66.0 Å². The molecule has 2 aromatic carbocycles. The lowest BCUT2D eigenvalue weighted by atomic mass is 10.1. The number of thiophene rings is 1. The van der Waals surface area contributed by atoms with Gasteiger partial charge in [-0.05, 0) is 54.6 Å². The second-order valence-electron chi connectivity index (χ2n) is 8.65. The van der Waals surface area contributed by atoms with Crippen molar-refractivity contribution in [1.29, 1.82) is 0 Å². The average molecular weight is 554 g/mol. The molecular weight excluding hydrogens is 535 g/mol. The fraction of sp³-hybridized carbons (Fsp3) is 0.115. The van der Waals surface area contributed by atoms with E-state index in [9.17, 15) is 28.1 Å². The Bertz CT molecular complexity index is 1710. The van der Waals surface area contributed by atoms with Crippen LogP contribution in [-0.2, 0) is 6.18 Å². The van der Waals surface area contributed by atoms with Gasteiger partial charge in [0.2, 0.25) is 0 Å². The van der Waals surface area contributed by atoms with Gasteiger partial charge in [-0.1, -0.05) is 12.1 Å². The summed E-state index contributed by atoms with van der Waals surface area (Å²) in [5, 5.41) is 19.5. The van der Waals surface area contributed by atoms with E-state index in [1.165, 1.54) is 23.5 Å². The minimum atomic E-state index is -4.77. The quantitative estimate of drug-likeness (QED) is 0.178. The molecule has 1 amide bonds. The third-order valence-electron chi connectivity index (χ3n) is 5.51. The van der Waals surface area contributed by atoms with Crippen LogP contribution in [0, 0.1) is 24.0 Å². The van der Waals surface area contributed by atoms with Gasteiger partial charge in [0.1, 0.15) is 11.5 Å². The minimum absolute atomic E-state index is 0.00564. The number of ether oxygens (including phenoxy) is 1. The van der Waals surface area contributed by atoms with Crippen LogP contribution in [0.1, 0.15) is 27.3 Å². The van der Waals surface area contributed by atoms with Crippen molar-refractivity contribution in [3.05, 3.63) is 98.7 Å². The van der Waals surface area contributed by atoms with Gasteiger partial charge in [-0.15, -0.1) is 11.3 Å². The molecular formula is C26H18F3N5O4S. The van der Waals surface area contributed by atoms with Crippen molar-refractivity contribution >= 4 is 34.3 Å². The number of amides is 1. The molecule has 0 aliphatic heterocycles. The number of aryl methyl sites for hydroxylation is 2. The van der Waals surface area contributed by atoms with E-state index in [2.05, 4.69) is 15.4 Å². The Hall–Kier alpha value is -4.78. The van der Waals surface area contributed by atoms with E-state index in [1.54, 1.807) is 29.6 Å². The fourth-order valence-corrected chi connectivity index (χ4v) is 4.67. The molecule has 0 unspecified atom stereocenters. The first-order valence-electron chi connectivity index (χ1n) is 11.4. The number of aromatic nitrogens is 3. The van der Waals surface area contributed by atoms with E-state index in [0.29, 0.717) is 15.1 Å². The van der Waals surface area contributed by atoms with Crippen molar-refractivity contribution in [3.63, 3.8) is 0 Å². The number of hydrogen-bond acceptors (Lipinski definition) is 7. The average Bonchev–Trinajstić information content (AvgIpc) is 3.52. The molecule has 13 heteroatoms. The molecule has 1 N–H and O–H groups in total. The van der Waals surface area contributed by atoms with Crippen LogP contribution in [0.3, 0.4) is 0 Å². The number of benzene rings is 2. The van der Waals surface area contributed by atoms with Gasteiger partial charge in [0.15, 0.2) is 17.0 Å². The molecule has 198 valence electrons. The zero-order valence-corrected chi connectivity index (χ0v) is 21.1. The Morgan fingerprint density at radius 1 is 1.05 bits per heavy atom. The van der Waals surface area contributed by atoms with Gasteiger partial charge in [-0.3, -0.25) is 14.9 Å². The minimum Gasteiger partial charge on any atom is -0.457 e. The number of halogens is 3. The molecule has 39 heavy (non-hydrogen) atoms. The van der Waals surface area contributed by atoms with Gasteiger partial charge in [0, 0.05) is 18.2 Å². The van der Waals surface area contributed by atoms with E-state index >= 15 is 0 Å². The van der Waals surface area contributed by atoms with E-state index in [4.69, 9.17) is 4.74 Å². The second kappa shape index (κ2) is 9.83. The van der Waals surface area contributed by atoms with E-state index in [0.717, 1.165) is 29.3 Å². The van der Waals surface area contributed by atoms with Gasteiger partial charge < -0.3 is 10.1 Å². The number of non-ortho nitro benzene ring substituents is 1. The molecule has 0 saturated carbocycles. The maximum Gasteiger partial charge on any atom is 0.433 e. The largest absolute Gasteiger partial charge is 0.457 e. The molecule has 0 atom stereocenters. The summed E-state index contributed by atoms with van der Waals surface area (Å²) >= 11 is 1.22. The molecule has 0 saturated heterocycles. The summed E-state index contributed by atoms with van der Waals surface area (Å²) in [6, 6.07) is 14.4. The van der Waals surface area contributed by atoms with Crippen molar-refractivity contribution in [2.45, 2.75) is 20.0 Å². The molecule has 5 rings (SSSR count). The molecule has 3 heterocycles. The first kappa shape index (κ1) is 25.9. The van der Waals surface area contributed by atoms with Crippen LogP contribution in [0.4, 0.5) is 24.5 Å². The normalized spacial score (nSPS) is 11.5. The number of nitrogens with zero attached hydrogens (tertiary/aromatic N) is 4. The molecule has 0 spiro atoms. The van der Waals surface area contributed by atoms with Crippen LogP contribution in [0.5, 0.6) is 11.5 Å². The molecule has 0 aliphatic rings. The Balaban J connectivity index is 1.49. The number of carbonyl (C=O) groups excluding carboxylic acids is 1.